The molecule has 22 heavy (non-hydrogen) atoms. The van der Waals surface area contributed by atoms with Gasteiger partial charge in [0, 0.05) is 11.6 Å². The molecule has 1 N–H and O–H groups in total. The summed E-state index contributed by atoms with van der Waals surface area (Å²) in [5.74, 6) is 2.21. The summed E-state index contributed by atoms with van der Waals surface area (Å²) < 4.78 is 15.7. The molecule has 1 aromatic heterocycles. The molecule has 0 aliphatic heterocycles. The number of furan rings is 1. The molecule has 116 valence electrons. The molecule has 6 heteroatoms. The lowest BCUT2D eigenvalue weighted by atomic mass is 10.2. The van der Waals surface area contributed by atoms with E-state index in [9.17, 15) is 4.79 Å². The summed E-state index contributed by atoms with van der Waals surface area (Å²) in [6.07, 6.45) is 1.51. The van der Waals surface area contributed by atoms with Gasteiger partial charge in [0.2, 0.25) is 0 Å². The van der Waals surface area contributed by atoms with Crippen molar-refractivity contribution in [2.24, 2.45) is 5.10 Å². The van der Waals surface area contributed by atoms with E-state index in [-0.39, 0.29) is 5.91 Å². The summed E-state index contributed by atoms with van der Waals surface area (Å²) in [6.45, 7) is 3.52. The topological polar surface area (TPSA) is 73.1 Å². The molecular weight excluding hydrogens is 284 g/mol. The number of amides is 1. The number of hydrazone groups is 1. The number of rotatable bonds is 5. The number of benzene rings is 1. The van der Waals surface area contributed by atoms with E-state index in [4.69, 9.17) is 13.9 Å². The third-order valence-electron chi connectivity index (χ3n) is 3.10. The van der Waals surface area contributed by atoms with Gasteiger partial charge in [-0.1, -0.05) is 0 Å². The maximum absolute atomic E-state index is 12.0. The molecule has 0 aliphatic rings. The fourth-order valence-electron chi connectivity index (χ4n) is 2.00. The van der Waals surface area contributed by atoms with E-state index >= 15 is 0 Å². The number of hydrogen-bond donors (Lipinski definition) is 1. The molecule has 1 aromatic carbocycles. The van der Waals surface area contributed by atoms with E-state index in [0.29, 0.717) is 28.6 Å². The zero-order valence-corrected chi connectivity index (χ0v) is 13.0. The number of nitrogens with zero attached hydrogens (tertiary/aromatic N) is 1. The Bertz CT molecular complexity index is 704. The summed E-state index contributed by atoms with van der Waals surface area (Å²) in [5, 5.41) is 3.95. The van der Waals surface area contributed by atoms with Crippen LogP contribution in [0.1, 0.15) is 27.4 Å². The second-order valence-corrected chi connectivity index (χ2v) is 4.63. The highest BCUT2D eigenvalue weighted by molar-refractivity contribution is 5.96. The van der Waals surface area contributed by atoms with E-state index in [1.54, 1.807) is 52.3 Å². The van der Waals surface area contributed by atoms with Gasteiger partial charge in [-0.2, -0.15) is 5.10 Å². The highest BCUT2D eigenvalue weighted by Gasteiger charge is 2.12. The Kier molecular flexibility index (Phi) is 4.83. The minimum absolute atomic E-state index is 0.321. The summed E-state index contributed by atoms with van der Waals surface area (Å²) in [4.78, 5) is 12.0. The molecule has 2 aromatic rings. The van der Waals surface area contributed by atoms with Gasteiger partial charge in [-0.15, -0.1) is 0 Å². The van der Waals surface area contributed by atoms with E-state index in [2.05, 4.69) is 10.5 Å². The summed E-state index contributed by atoms with van der Waals surface area (Å²) in [6, 6.07) is 7.00. The Balaban J connectivity index is 2.09. The van der Waals surface area contributed by atoms with Gasteiger partial charge in [0.05, 0.1) is 26.0 Å². The van der Waals surface area contributed by atoms with Gasteiger partial charge in [0.25, 0.3) is 5.91 Å². The van der Waals surface area contributed by atoms with Crippen LogP contribution in [0.4, 0.5) is 0 Å². The summed E-state index contributed by atoms with van der Waals surface area (Å²) >= 11 is 0. The normalized spacial score (nSPS) is 10.7. The lowest BCUT2D eigenvalue weighted by Gasteiger charge is -2.06. The molecule has 2 rings (SSSR count). The predicted octanol–water partition coefficient (Wildman–Crippen LogP) is 2.68. The zero-order valence-electron chi connectivity index (χ0n) is 13.0. The molecule has 1 heterocycles. The largest absolute Gasteiger partial charge is 0.497 e. The SMILES string of the molecule is COc1ccc(C=NNC(=O)c2cc(C)oc2C)c(OC)c1. The third kappa shape index (κ3) is 3.46. The van der Waals surface area contributed by atoms with Crippen molar-refractivity contribution in [1.29, 1.82) is 0 Å². The maximum Gasteiger partial charge on any atom is 0.274 e. The number of aryl methyl sites for hydroxylation is 2. The molecular formula is C16H18N2O4. The minimum atomic E-state index is -0.321. The summed E-state index contributed by atoms with van der Waals surface area (Å²) in [7, 11) is 3.14. The fraction of sp³-hybridized carbons (Fsp3) is 0.250. The van der Waals surface area contributed by atoms with Gasteiger partial charge < -0.3 is 13.9 Å². The Labute approximate surface area is 128 Å². The Morgan fingerprint density at radius 2 is 2.00 bits per heavy atom. The Morgan fingerprint density at radius 1 is 1.23 bits per heavy atom. The number of hydrogen-bond acceptors (Lipinski definition) is 5. The zero-order chi connectivity index (χ0) is 16.1. The Morgan fingerprint density at radius 3 is 2.59 bits per heavy atom. The van der Waals surface area contributed by atoms with Crippen LogP contribution in [-0.2, 0) is 0 Å². The smallest absolute Gasteiger partial charge is 0.274 e. The van der Waals surface area contributed by atoms with Gasteiger partial charge in [0.15, 0.2) is 0 Å². The number of ether oxygens (including phenoxy) is 2. The first kappa shape index (κ1) is 15.6. The molecule has 6 nitrogen and oxygen atoms in total. The van der Waals surface area contributed by atoms with E-state index in [1.165, 1.54) is 6.21 Å². The van der Waals surface area contributed by atoms with Crippen molar-refractivity contribution in [2.45, 2.75) is 13.8 Å². The molecule has 0 atom stereocenters. The van der Waals surface area contributed by atoms with Crippen molar-refractivity contribution < 1.29 is 18.7 Å². The molecule has 0 unspecified atom stereocenters. The van der Waals surface area contributed by atoms with E-state index in [0.717, 1.165) is 5.56 Å². The van der Waals surface area contributed by atoms with Crippen LogP contribution in [0.15, 0.2) is 33.8 Å². The van der Waals surface area contributed by atoms with Gasteiger partial charge in [-0.05, 0) is 32.0 Å². The lowest BCUT2D eigenvalue weighted by Crippen LogP contribution is -2.17. The fourth-order valence-corrected chi connectivity index (χ4v) is 2.00. The second-order valence-electron chi connectivity index (χ2n) is 4.63. The van der Waals surface area contributed by atoms with Crippen LogP contribution in [0.2, 0.25) is 0 Å². The predicted molar refractivity (Wildman–Crippen MR) is 82.8 cm³/mol. The van der Waals surface area contributed by atoms with Gasteiger partial charge in [-0.3, -0.25) is 4.79 Å². The monoisotopic (exact) mass is 302 g/mol. The van der Waals surface area contributed by atoms with E-state index in [1.807, 2.05) is 0 Å². The van der Waals surface area contributed by atoms with Crippen LogP contribution in [0.5, 0.6) is 11.5 Å². The lowest BCUT2D eigenvalue weighted by molar-refractivity contribution is 0.0953. The van der Waals surface area contributed by atoms with Crippen molar-refractivity contribution in [3.05, 3.63) is 46.9 Å². The standard InChI is InChI=1S/C16H18N2O4/c1-10-7-14(11(2)22-10)16(19)18-17-9-12-5-6-13(20-3)8-15(12)21-4/h5-9H,1-4H3,(H,18,19). The van der Waals surface area contributed by atoms with Crippen LogP contribution in [0.3, 0.4) is 0 Å². The van der Waals surface area contributed by atoms with Crippen LogP contribution < -0.4 is 14.9 Å². The molecule has 0 bridgehead atoms. The third-order valence-corrected chi connectivity index (χ3v) is 3.10. The van der Waals surface area contributed by atoms with E-state index < -0.39 is 0 Å². The second kappa shape index (κ2) is 6.80. The van der Waals surface area contributed by atoms with Crippen molar-refractivity contribution >= 4 is 12.1 Å². The van der Waals surface area contributed by atoms with Crippen molar-refractivity contribution in [1.82, 2.24) is 5.43 Å². The van der Waals surface area contributed by atoms with Gasteiger partial charge >= 0.3 is 0 Å². The van der Waals surface area contributed by atoms with Gasteiger partial charge in [0.1, 0.15) is 23.0 Å². The van der Waals surface area contributed by atoms with Crippen LogP contribution in [-0.4, -0.2) is 26.3 Å². The molecule has 0 saturated heterocycles. The van der Waals surface area contributed by atoms with Crippen molar-refractivity contribution in [3.63, 3.8) is 0 Å². The molecule has 0 fully saturated rings. The first-order valence-electron chi connectivity index (χ1n) is 6.67. The molecule has 0 radical (unpaired) electrons. The average Bonchev–Trinajstić information content (AvgIpc) is 2.86. The number of nitrogens with one attached hydrogen (secondary N) is 1. The van der Waals surface area contributed by atoms with Crippen molar-refractivity contribution in [2.75, 3.05) is 14.2 Å². The number of carbonyl (C=O) groups is 1. The molecule has 1 amide bonds. The molecule has 0 spiro atoms. The van der Waals surface area contributed by atoms with Crippen LogP contribution in [0, 0.1) is 13.8 Å². The Hall–Kier alpha value is -2.76. The molecule has 0 aliphatic carbocycles. The first-order chi connectivity index (χ1) is 10.5. The quantitative estimate of drug-likeness (QED) is 0.681. The summed E-state index contributed by atoms with van der Waals surface area (Å²) in [5.41, 5.74) is 3.66. The highest BCUT2D eigenvalue weighted by atomic mass is 16.5. The highest BCUT2D eigenvalue weighted by Crippen LogP contribution is 2.23. The molecule has 0 saturated carbocycles. The number of carbonyl (C=O) groups excluding carboxylic acids is 1. The van der Waals surface area contributed by atoms with Crippen LogP contribution in [0.25, 0.3) is 0 Å². The van der Waals surface area contributed by atoms with Crippen molar-refractivity contribution in [3.8, 4) is 11.5 Å². The first-order valence-corrected chi connectivity index (χ1v) is 6.67. The minimum Gasteiger partial charge on any atom is -0.497 e. The number of methoxy groups -OCH3 is 2. The maximum atomic E-state index is 12.0. The van der Waals surface area contributed by atoms with Crippen LogP contribution >= 0.6 is 0 Å². The van der Waals surface area contributed by atoms with Gasteiger partial charge in [-0.25, -0.2) is 5.43 Å². The average molecular weight is 302 g/mol.